The quantitative estimate of drug-likeness (QED) is 0.802. The number of fused-ring (bicyclic) bond motifs is 1. The molecule has 0 aliphatic heterocycles. The molecule has 120 valence electrons. The van der Waals surface area contributed by atoms with Crippen molar-refractivity contribution in [1.29, 1.82) is 0 Å². The molecular weight excluding hydrogens is 304 g/mol. The molecular formula is C19H16N2O3. The van der Waals surface area contributed by atoms with Crippen LogP contribution in [-0.4, -0.2) is 40.5 Å². The van der Waals surface area contributed by atoms with Gasteiger partial charge in [-0.1, -0.05) is 48.5 Å². The van der Waals surface area contributed by atoms with Crippen molar-refractivity contribution >= 4 is 22.8 Å². The van der Waals surface area contributed by atoms with Gasteiger partial charge in [-0.25, -0.2) is 4.98 Å². The maximum Gasteiger partial charge on any atom is 0.323 e. The number of aromatic nitrogens is 1. The first-order chi connectivity index (χ1) is 11.6. The SMILES string of the molecule is CN(CC(=O)O)C(=O)c1cc(-c2ccccc2)nc2ccccc12. The summed E-state index contributed by atoms with van der Waals surface area (Å²) in [5, 5.41) is 9.63. The van der Waals surface area contributed by atoms with Gasteiger partial charge in [0.1, 0.15) is 6.54 Å². The lowest BCUT2D eigenvalue weighted by Gasteiger charge is -2.16. The Morgan fingerprint density at radius 3 is 2.42 bits per heavy atom. The first-order valence-electron chi connectivity index (χ1n) is 7.49. The van der Waals surface area contributed by atoms with E-state index in [0.29, 0.717) is 22.2 Å². The summed E-state index contributed by atoms with van der Waals surface area (Å²) >= 11 is 0. The molecule has 2 aromatic carbocycles. The van der Waals surface area contributed by atoms with Crippen molar-refractivity contribution in [3.8, 4) is 11.3 Å². The van der Waals surface area contributed by atoms with Gasteiger partial charge in [-0.2, -0.15) is 0 Å². The second-order valence-electron chi connectivity index (χ2n) is 5.49. The van der Waals surface area contributed by atoms with Crippen molar-refractivity contribution in [2.45, 2.75) is 0 Å². The fraction of sp³-hybridized carbons (Fsp3) is 0.105. The van der Waals surface area contributed by atoms with Gasteiger partial charge in [0.15, 0.2) is 0 Å². The normalized spacial score (nSPS) is 10.5. The molecule has 5 nitrogen and oxygen atoms in total. The zero-order valence-electron chi connectivity index (χ0n) is 13.1. The highest BCUT2D eigenvalue weighted by Gasteiger charge is 2.18. The molecule has 3 rings (SSSR count). The van der Waals surface area contributed by atoms with Crippen LogP contribution in [0.5, 0.6) is 0 Å². The molecule has 5 heteroatoms. The number of carboxylic acid groups (broad SMARTS) is 1. The van der Waals surface area contributed by atoms with Crippen LogP contribution in [0.1, 0.15) is 10.4 Å². The second kappa shape index (κ2) is 6.50. The summed E-state index contributed by atoms with van der Waals surface area (Å²) in [6.07, 6.45) is 0. The average molecular weight is 320 g/mol. The van der Waals surface area contributed by atoms with Crippen LogP contribution in [0.4, 0.5) is 0 Å². The van der Waals surface area contributed by atoms with Crippen LogP contribution >= 0.6 is 0 Å². The predicted molar refractivity (Wildman–Crippen MR) is 91.8 cm³/mol. The summed E-state index contributed by atoms with van der Waals surface area (Å²) in [7, 11) is 1.48. The van der Waals surface area contributed by atoms with Gasteiger partial charge < -0.3 is 10.0 Å². The minimum atomic E-state index is -1.05. The van der Waals surface area contributed by atoms with Crippen LogP contribution in [0.3, 0.4) is 0 Å². The van der Waals surface area contributed by atoms with Crippen LogP contribution in [0.25, 0.3) is 22.2 Å². The molecule has 0 atom stereocenters. The van der Waals surface area contributed by atoms with Gasteiger partial charge in [0.25, 0.3) is 5.91 Å². The van der Waals surface area contributed by atoms with Crippen molar-refractivity contribution in [2.24, 2.45) is 0 Å². The maximum atomic E-state index is 12.7. The fourth-order valence-electron chi connectivity index (χ4n) is 2.59. The fourth-order valence-corrected chi connectivity index (χ4v) is 2.59. The van der Waals surface area contributed by atoms with Gasteiger partial charge in [-0.05, 0) is 12.1 Å². The first-order valence-corrected chi connectivity index (χ1v) is 7.49. The predicted octanol–water partition coefficient (Wildman–Crippen LogP) is 3.06. The molecule has 0 saturated heterocycles. The molecule has 0 aliphatic carbocycles. The van der Waals surface area contributed by atoms with E-state index in [-0.39, 0.29) is 12.5 Å². The van der Waals surface area contributed by atoms with Crippen LogP contribution in [0.15, 0.2) is 60.7 Å². The van der Waals surface area contributed by atoms with E-state index in [1.165, 1.54) is 11.9 Å². The van der Waals surface area contributed by atoms with Crippen LogP contribution in [0.2, 0.25) is 0 Å². The van der Waals surface area contributed by atoms with Crippen LogP contribution < -0.4 is 0 Å². The number of benzene rings is 2. The van der Waals surface area contributed by atoms with E-state index in [1.54, 1.807) is 6.07 Å². The maximum absolute atomic E-state index is 12.7. The Labute approximate surface area is 139 Å². The highest BCUT2D eigenvalue weighted by atomic mass is 16.4. The Morgan fingerprint density at radius 2 is 1.71 bits per heavy atom. The van der Waals surface area contributed by atoms with E-state index in [9.17, 15) is 9.59 Å². The molecule has 0 fully saturated rings. The summed E-state index contributed by atoms with van der Waals surface area (Å²) in [5.74, 6) is -1.39. The van der Waals surface area contributed by atoms with Crippen molar-refractivity contribution in [2.75, 3.05) is 13.6 Å². The lowest BCUT2D eigenvalue weighted by molar-refractivity contribution is -0.137. The monoisotopic (exact) mass is 320 g/mol. The number of amides is 1. The van der Waals surface area contributed by atoms with Crippen molar-refractivity contribution < 1.29 is 14.7 Å². The lowest BCUT2D eigenvalue weighted by Crippen LogP contribution is -2.32. The number of hydrogen-bond donors (Lipinski definition) is 1. The Hall–Kier alpha value is -3.21. The lowest BCUT2D eigenvalue weighted by atomic mass is 10.0. The third kappa shape index (κ3) is 3.10. The summed E-state index contributed by atoms with van der Waals surface area (Å²) < 4.78 is 0. The zero-order chi connectivity index (χ0) is 17.1. The number of carbonyl (C=O) groups is 2. The molecule has 0 bridgehead atoms. The van der Waals surface area contributed by atoms with E-state index in [1.807, 2.05) is 54.6 Å². The summed E-state index contributed by atoms with van der Waals surface area (Å²) in [6, 6.07) is 18.6. The molecule has 0 saturated carbocycles. The van der Waals surface area contributed by atoms with E-state index < -0.39 is 5.97 Å². The van der Waals surface area contributed by atoms with Crippen LogP contribution in [-0.2, 0) is 4.79 Å². The number of rotatable bonds is 4. The van der Waals surface area contributed by atoms with E-state index in [4.69, 9.17) is 5.11 Å². The molecule has 0 radical (unpaired) electrons. The number of likely N-dealkylation sites (N-methyl/N-ethyl adjacent to an activating group) is 1. The molecule has 0 aliphatic rings. The number of nitrogens with zero attached hydrogens (tertiary/aromatic N) is 2. The topological polar surface area (TPSA) is 70.5 Å². The summed E-state index contributed by atoms with van der Waals surface area (Å²) in [5.41, 5.74) is 2.73. The first kappa shape index (κ1) is 15.7. The number of carbonyl (C=O) groups excluding carboxylic acids is 1. The molecule has 24 heavy (non-hydrogen) atoms. The minimum Gasteiger partial charge on any atom is -0.480 e. The van der Waals surface area contributed by atoms with E-state index in [2.05, 4.69) is 4.98 Å². The third-order valence-electron chi connectivity index (χ3n) is 3.74. The average Bonchev–Trinajstić information content (AvgIpc) is 2.60. The van der Waals surface area contributed by atoms with Gasteiger partial charge in [-0.15, -0.1) is 0 Å². The highest BCUT2D eigenvalue weighted by molar-refractivity contribution is 6.07. The standard InChI is InChI=1S/C19H16N2O3/c1-21(12-18(22)23)19(24)15-11-17(13-7-3-2-4-8-13)20-16-10-6-5-9-14(15)16/h2-11H,12H2,1H3,(H,22,23). The van der Waals surface area contributed by atoms with Gasteiger partial charge in [0, 0.05) is 18.0 Å². The summed E-state index contributed by atoms with van der Waals surface area (Å²) in [6.45, 7) is -0.351. The Kier molecular flexibility index (Phi) is 4.24. The number of aliphatic carboxylic acids is 1. The van der Waals surface area contributed by atoms with Gasteiger partial charge in [-0.3, -0.25) is 9.59 Å². The van der Waals surface area contributed by atoms with Crippen molar-refractivity contribution in [3.63, 3.8) is 0 Å². The van der Waals surface area contributed by atoms with Crippen LogP contribution in [0, 0.1) is 0 Å². The Bertz CT molecular complexity index is 907. The van der Waals surface area contributed by atoms with E-state index in [0.717, 1.165) is 5.56 Å². The van der Waals surface area contributed by atoms with Crippen molar-refractivity contribution in [3.05, 3.63) is 66.2 Å². The zero-order valence-corrected chi connectivity index (χ0v) is 13.1. The third-order valence-corrected chi connectivity index (χ3v) is 3.74. The van der Waals surface area contributed by atoms with Crippen molar-refractivity contribution in [1.82, 2.24) is 9.88 Å². The number of carboxylic acids is 1. The summed E-state index contributed by atoms with van der Waals surface area (Å²) in [4.78, 5) is 29.4. The number of pyridine rings is 1. The largest absolute Gasteiger partial charge is 0.480 e. The molecule has 0 unspecified atom stereocenters. The van der Waals surface area contributed by atoms with Gasteiger partial charge in [0.2, 0.25) is 0 Å². The smallest absolute Gasteiger partial charge is 0.323 e. The molecule has 1 amide bonds. The Balaban J connectivity index is 2.15. The van der Waals surface area contributed by atoms with Gasteiger partial charge >= 0.3 is 5.97 Å². The molecule has 1 aromatic heterocycles. The van der Waals surface area contributed by atoms with E-state index >= 15 is 0 Å². The minimum absolute atomic E-state index is 0.340. The molecule has 0 spiro atoms. The molecule has 3 aromatic rings. The molecule has 1 N–H and O–H groups in total. The van der Waals surface area contributed by atoms with Gasteiger partial charge in [0.05, 0.1) is 16.8 Å². The number of para-hydroxylation sites is 1. The number of hydrogen-bond acceptors (Lipinski definition) is 3. The highest BCUT2D eigenvalue weighted by Crippen LogP contribution is 2.25. The second-order valence-corrected chi connectivity index (χ2v) is 5.49. The Morgan fingerprint density at radius 1 is 1.04 bits per heavy atom. The molecule has 1 heterocycles.